The number of imide groups is 1. The summed E-state index contributed by atoms with van der Waals surface area (Å²) in [4.78, 5) is 39.9. The van der Waals surface area contributed by atoms with Gasteiger partial charge in [0.05, 0.1) is 11.4 Å². The summed E-state index contributed by atoms with van der Waals surface area (Å²) in [5, 5.41) is 2.94. The summed E-state index contributed by atoms with van der Waals surface area (Å²) in [6.45, 7) is 0.385. The van der Waals surface area contributed by atoms with E-state index in [1.165, 1.54) is 16.3 Å². The number of amides is 2. The summed E-state index contributed by atoms with van der Waals surface area (Å²) in [6.07, 6.45) is 3.77. The van der Waals surface area contributed by atoms with Gasteiger partial charge in [0, 0.05) is 39.2 Å². The number of carbonyl (C=O) groups is 3. The number of nitrogens with zero attached hydrogens (tertiary/aromatic N) is 2. The van der Waals surface area contributed by atoms with E-state index in [0.717, 1.165) is 37.6 Å². The summed E-state index contributed by atoms with van der Waals surface area (Å²) in [5.74, 6) is -0.732. The van der Waals surface area contributed by atoms with Gasteiger partial charge < -0.3 is 4.57 Å². The Kier molecular flexibility index (Phi) is 6.47. The maximum atomic E-state index is 13.1. The molecule has 0 atom stereocenters. The molecule has 4 aromatic carbocycles. The molecule has 1 aliphatic rings. The number of halogens is 1. The first kappa shape index (κ1) is 24.4. The number of thioether (sulfide) groups is 1. The van der Waals surface area contributed by atoms with Crippen LogP contribution in [0.2, 0.25) is 0 Å². The highest BCUT2D eigenvalue weighted by Crippen LogP contribution is 2.34. The lowest BCUT2D eigenvalue weighted by atomic mass is 10.1. The molecule has 1 aliphatic heterocycles. The summed E-state index contributed by atoms with van der Waals surface area (Å²) in [7, 11) is 0. The van der Waals surface area contributed by atoms with Crippen molar-refractivity contribution in [1.82, 2.24) is 9.47 Å². The molecule has 5 aromatic rings. The van der Waals surface area contributed by atoms with Gasteiger partial charge in [0.2, 0.25) is 0 Å². The quantitative estimate of drug-likeness (QED) is 0.154. The Morgan fingerprint density at radius 1 is 0.868 bits per heavy atom. The maximum absolute atomic E-state index is 13.1. The summed E-state index contributed by atoms with van der Waals surface area (Å²) in [5.41, 5.74) is 3.51. The maximum Gasteiger partial charge on any atom is 0.293 e. The van der Waals surface area contributed by atoms with Crippen LogP contribution in [0.3, 0.4) is 0 Å². The monoisotopic (exact) mass is 580 g/mol. The van der Waals surface area contributed by atoms with E-state index in [4.69, 9.17) is 0 Å². The number of ketones is 1. The average molecular weight is 581 g/mol. The van der Waals surface area contributed by atoms with E-state index in [9.17, 15) is 14.4 Å². The number of Topliss-reactive ketones (excluding diaryl/α,β-unsaturated/α-hetero) is 1. The molecule has 5 nitrogen and oxygen atoms in total. The molecule has 0 saturated carbocycles. The standard InChI is InChI=1S/C31H21BrN2O3S/c32-25-13-11-22(12-14-25)28(35)19-34-30(36)29(38-31(34)37)16-24-18-33(27-8-4-3-7-26(24)27)17-20-9-10-21-5-1-2-6-23(21)15-20/h1-16,18H,17,19H2/b29-16-. The van der Waals surface area contributed by atoms with Crippen LogP contribution in [0.25, 0.3) is 27.8 Å². The van der Waals surface area contributed by atoms with Crippen molar-refractivity contribution in [3.8, 4) is 0 Å². The second kappa shape index (κ2) is 10.1. The zero-order valence-corrected chi connectivity index (χ0v) is 22.5. The highest BCUT2D eigenvalue weighted by atomic mass is 79.9. The number of hydrogen-bond donors (Lipinski definition) is 0. The molecule has 0 radical (unpaired) electrons. The van der Waals surface area contributed by atoms with Crippen molar-refractivity contribution in [3.05, 3.63) is 123 Å². The molecule has 1 aromatic heterocycles. The van der Waals surface area contributed by atoms with Gasteiger partial charge in [0.25, 0.3) is 11.1 Å². The first-order valence-corrected chi connectivity index (χ1v) is 13.7. The van der Waals surface area contributed by atoms with Crippen LogP contribution in [0.1, 0.15) is 21.5 Å². The number of carbonyl (C=O) groups excluding carboxylic acids is 3. The second-order valence-electron chi connectivity index (χ2n) is 9.11. The van der Waals surface area contributed by atoms with Crippen LogP contribution in [0.15, 0.2) is 107 Å². The van der Waals surface area contributed by atoms with Gasteiger partial charge in [-0.25, -0.2) is 0 Å². The molecular formula is C31H21BrN2O3S. The first-order valence-electron chi connectivity index (χ1n) is 12.1. The molecule has 0 spiro atoms. The zero-order chi connectivity index (χ0) is 26.2. The average Bonchev–Trinajstić information content (AvgIpc) is 3.40. The van der Waals surface area contributed by atoms with Gasteiger partial charge in [-0.05, 0) is 58.4 Å². The molecule has 2 amide bonds. The summed E-state index contributed by atoms with van der Waals surface area (Å²) in [6, 6.07) is 29.6. The van der Waals surface area contributed by atoms with Crippen LogP contribution in [-0.4, -0.2) is 32.9 Å². The predicted octanol–water partition coefficient (Wildman–Crippen LogP) is 7.52. The number of aromatic nitrogens is 1. The number of fused-ring (bicyclic) bond motifs is 2. The molecule has 2 heterocycles. The van der Waals surface area contributed by atoms with Crippen molar-refractivity contribution < 1.29 is 14.4 Å². The lowest BCUT2D eigenvalue weighted by Crippen LogP contribution is -2.33. The third-order valence-corrected chi connectivity index (χ3v) is 8.05. The SMILES string of the molecule is O=C(CN1C(=O)S/C(=C\c2cn(Cc3ccc4ccccc4c3)c3ccccc23)C1=O)c1ccc(Br)cc1. The van der Waals surface area contributed by atoms with Crippen LogP contribution in [0.4, 0.5) is 4.79 Å². The lowest BCUT2D eigenvalue weighted by molar-refractivity contribution is -0.122. The second-order valence-corrected chi connectivity index (χ2v) is 11.0. The molecule has 6 rings (SSSR count). The van der Waals surface area contributed by atoms with E-state index in [-0.39, 0.29) is 12.3 Å². The molecule has 38 heavy (non-hydrogen) atoms. The minimum Gasteiger partial charge on any atom is -0.342 e. The normalized spacial score (nSPS) is 14.8. The Hall–Kier alpha value is -3.94. The zero-order valence-electron chi connectivity index (χ0n) is 20.1. The van der Waals surface area contributed by atoms with Gasteiger partial charge in [0.15, 0.2) is 5.78 Å². The summed E-state index contributed by atoms with van der Waals surface area (Å²) < 4.78 is 3.01. The van der Waals surface area contributed by atoms with Crippen molar-refractivity contribution in [2.45, 2.75) is 6.54 Å². The van der Waals surface area contributed by atoms with Crippen molar-refractivity contribution in [2.24, 2.45) is 0 Å². The Morgan fingerprint density at radius 2 is 1.61 bits per heavy atom. The van der Waals surface area contributed by atoms with Crippen LogP contribution in [-0.2, 0) is 11.3 Å². The molecule has 0 bridgehead atoms. The van der Waals surface area contributed by atoms with Crippen molar-refractivity contribution in [1.29, 1.82) is 0 Å². The third-order valence-electron chi connectivity index (χ3n) is 6.61. The Balaban J connectivity index is 1.28. The number of hydrogen-bond acceptors (Lipinski definition) is 4. The van der Waals surface area contributed by atoms with Gasteiger partial charge in [-0.1, -0.05) is 82.7 Å². The van der Waals surface area contributed by atoms with Crippen LogP contribution < -0.4 is 0 Å². The minimum atomic E-state index is -0.447. The van der Waals surface area contributed by atoms with Crippen LogP contribution in [0, 0.1) is 0 Å². The minimum absolute atomic E-state index is 0.284. The van der Waals surface area contributed by atoms with Crippen molar-refractivity contribution in [3.63, 3.8) is 0 Å². The topological polar surface area (TPSA) is 59.4 Å². The van der Waals surface area contributed by atoms with E-state index < -0.39 is 11.1 Å². The van der Waals surface area contributed by atoms with E-state index in [2.05, 4.69) is 56.9 Å². The number of para-hydroxylation sites is 1. The molecule has 0 aliphatic carbocycles. The van der Waals surface area contributed by atoms with E-state index in [1.54, 1.807) is 30.3 Å². The first-order chi connectivity index (χ1) is 18.5. The molecular weight excluding hydrogens is 560 g/mol. The van der Waals surface area contributed by atoms with Gasteiger partial charge in [-0.2, -0.15) is 0 Å². The molecule has 7 heteroatoms. The van der Waals surface area contributed by atoms with Gasteiger partial charge in [0.1, 0.15) is 0 Å². The molecule has 0 unspecified atom stereocenters. The lowest BCUT2D eigenvalue weighted by Gasteiger charge is -2.11. The highest BCUT2D eigenvalue weighted by Gasteiger charge is 2.36. The van der Waals surface area contributed by atoms with Gasteiger partial charge >= 0.3 is 0 Å². The fourth-order valence-electron chi connectivity index (χ4n) is 4.70. The van der Waals surface area contributed by atoms with Gasteiger partial charge in [-0.15, -0.1) is 0 Å². The Labute approximate surface area is 231 Å². The van der Waals surface area contributed by atoms with E-state index in [1.807, 2.05) is 36.5 Å². The van der Waals surface area contributed by atoms with Crippen molar-refractivity contribution >= 4 is 72.4 Å². The molecule has 0 N–H and O–H groups in total. The molecule has 1 saturated heterocycles. The van der Waals surface area contributed by atoms with Crippen molar-refractivity contribution in [2.75, 3.05) is 6.54 Å². The van der Waals surface area contributed by atoms with Crippen LogP contribution in [0.5, 0.6) is 0 Å². The number of rotatable bonds is 6. The largest absolute Gasteiger partial charge is 0.342 e. The Morgan fingerprint density at radius 3 is 2.42 bits per heavy atom. The third kappa shape index (κ3) is 4.71. The number of benzene rings is 4. The van der Waals surface area contributed by atoms with E-state index in [0.29, 0.717) is 17.0 Å². The predicted molar refractivity (Wildman–Crippen MR) is 156 cm³/mol. The fraction of sp³-hybridized carbons (Fsp3) is 0.0645. The fourth-order valence-corrected chi connectivity index (χ4v) is 5.80. The molecule has 186 valence electrons. The summed E-state index contributed by atoms with van der Waals surface area (Å²) >= 11 is 4.21. The van der Waals surface area contributed by atoms with Gasteiger partial charge in [-0.3, -0.25) is 19.3 Å². The highest BCUT2D eigenvalue weighted by molar-refractivity contribution is 9.10. The molecule has 1 fully saturated rings. The smallest absolute Gasteiger partial charge is 0.293 e. The van der Waals surface area contributed by atoms with Crippen LogP contribution >= 0.6 is 27.7 Å². The Bertz CT molecular complexity index is 1770. The van der Waals surface area contributed by atoms with E-state index >= 15 is 0 Å².